The van der Waals surface area contributed by atoms with Crippen molar-refractivity contribution in [1.29, 1.82) is 0 Å². The molecule has 92 valence electrons. The molecule has 18 heavy (non-hydrogen) atoms. The minimum absolute atomic E-state index is 0.908. The molecule has 0 atom stereocenters. The largest absolute Gasteiger partial charge is 0.496 e. The van der Waals surface area contributed by atoms with Crippen molar-refractivity contribution in [3.05, 3.63) is 59.2 Å². The minimum Gasteiger partial charge on any atom is -0.496 e. The fourth-order valence-corrected chi connectivity index (χ4v) is 1.82. The van der Waals surface area contributed by atoms with Gasteiger partial charge < -0.3 is 4.74 Å². The third kappa shape index (κ3) is 2.77. The van der Waals surface area contributed by atoms with Gasteiger partial charge in [0.05, 0.1) is 12.8 Å². The molecule has 2 rings (SSSR count). The highest BCUT2D eigenvalue weighted by Crippen LogP contribution is 2.27. The summed E-state index contributed by atoms with van der Waals surface area (Å²) in [6.07, 6.45) is 1.88. The van der Waals surface area contributed by atoms with Crippen molar-refractivity contribution in [3.8, 4) is 5.75 Å². The summed E-state index contributed by atoms with van der Waals surface area (Å²) in [6, 6.07) is 14.2. The molecule has 0 amide bonds. The molecule has 0 spiro atoms. The first-order valence-corrected chi connectivity index (χ1v) is 5.95. The van der Waals surface area contributed by atoms with Gasteiger partial charge in [-0.1, -0.05) is 30.3 Å². The van der Waals surface area contributed by atoms with Crippen molar-refractivity contribution in [1.82, 2.24) is 0 Å². The number of methoxy groups -OCH3 is 1. The van der Waals surface area contributed by atoms with Gasteiger partial charge in [0.25, 0.3) is 0 Å². The SMILES string of the molecule is COc1cc(C)c(N=Cc2ccccc2)cc1C. The van der Waals surface area contributed by atoms with E-state index in [0.29, 0.717) is 0 Å². The van der Waals surface area contributed by atoms with E-state index in [1.807, 2.05) is 62.5 Å². The van der Waals surface area contributed by atoms with Crippen LogP contribution in [0.3, 0.4) is 0 Å². The molecular formula is C16H17NO. The summed E-state index contributed by atoms with van der Waals surface area (Å²) in [7, 11) is 1.69. The number of ether oxygens (including phenoxy) is 1. The van der Waals surface area contributed by atoms with Gasteiger partial charge in [0, 0.05) is 6.21 Å². The summed E-state index contributed by atoms with van der Waals surface area (Å²) < 4.78 is 5.29. The third-order valence-electron chi connectivity index (χ3n) is 2.87. The molecule has 0 radical (unpaired) electrons. The van der Waals surface area contributed by atoms with E-state index in [9.17, 15) is 0 Å². The summed E-state index contributed by atoms with van der Waals surface area (Å²) in [5.41, 5.74) is 4.30. The maximum Gasteiger partial charge on any atom is 0.122 e. The van der Waals surface area contributed by atoms with Crippen LogP contribution in [0.2, 0.25) is 0 Å². The normalized spacial score (nSPS) is 10.8. The van der Waals surface area contributed by atoms with Crippen LogP contribution in [0.1, 0.15) is 16.7 Å². The predicted molar refractivity (Wildman–Crippen MR) is 76.2 cm³/mol. The Labute approximate surface area is 108 Å². The first kappa shape index (κ1) is 12.4. The zero-order valence-corrected chi connectivity index (χ0v) is 11.0. The van der Waals surface area contributed by atoms with E-state index in [2.05, 4.69) is 4.99 Å². The van der Waals surface area contributed by atoms with E-state index < -0.39 is 0 Å². The van der Waals surface area contributed by atoms with Crippen LogP contribution >= 0.6 is 0 Å². The highest BCUT2D eigenvalue weighted by atomic mass is 16.5. The van der Waals surface area contributed by atoms with Crippen molar-refractivity contribution in [2.45, 2.75) is 13.8 Å². The van der Waals surface area contributed by atoms with E-state index in [0.717, 1.165) is 28.1 Å². The molecular weight excluding hydrogens is 222 g/mol. The Balaban J connectivity index is 2.30. The van der Waals surface area contributed by atoms with Gasteiger partial charge in [-0.05, 0) is 42.7 Å². The van der Waals surface area contributed by atoms with E-state index in [-0.39, 0.29) is 0 Å². The van der Waals surface area contributed by atoms with Crippen molar-refractivity contribution >= 4 is 11.9 Å². The maximum atomic E-state index is 5.29. The third-order valence-corrected chi connectivity index (χ3v) is 2.87. The van der Waals surface area contributed by atoms with Gasteiger partial charge in [0.1, 0.15) is 5.75 Å². The van der Waals surface area contributed by atoms with Crippen molar-refractivity contribution in [2.75, 3.05) is 7.11 Å². The molecule has 0 aliphatic carbocycles. The zero-order valence-electron chi connectivity index (χ0n) is 11.0. The van der Waals surface area contributed by atoms with E-state index in [1.165, 1.54) is 0 Å². The summed E-state index contributed by atoms with van der Waals surface area (Å²) in [4.78, 5) is 4.53. The van der Waals surface area contributed by atoms with Gasteiger partial charge >= 0.3 is 0 Å². The van der Waals surface area contributed by atoms with Gasteiger partial charge in [0.15, 0.2) is 0 Å². The van der Waals surface area contributed by atoms with Crippen LogP contribution in [0.15, 0.2) is 47.5 Å². The van der Waals surface area contributed by atoms with Crippen molar-refractivity contribution in [3.63, 3.8) is 0 Å². The molecule has 0 bridgehead atoms. The summed E-state index contributed by atoms with van der Waals surface area (Å²) >= 11 is 0. The molecule has 2 aromatic carbocycles. The monoisotopic (exact) mass is 239 g/mol. The molecule has 2 nitrogen and oxygen atoms in total. The number of aryl methyl sites for hydroxylation is 2. The lowest BCUT2D eigenvalue weighted by Crippen LogP contribution is -1.88. The lowest BCUT2D eigenvalue weighted by atomic mass is 10.1. The van der Waals surface area contributed by atoms with Gasteiger partial charge in [-0.2, -0.15) is 0 Å². The number of benzene rings is 2. The lowest BCUT2D eigenvalue weighted by Gasteiger charge is -2.08. The standard InChI is InChI=1S/C16H17NO/c1-12-10-16(18-3)13(2)9-15(12)17-11-14-7-5-4-6-8-14/h4-11H,1-3H3. The second-order valence-corrected chi connectivity index (χ2v) is 4.28. The van der Waals surface area contributed by atoms with Gasteiger partial charge in [-0.25, -0.2) is 0 Å². The molecule has 0 aromatic heterocycles. The molecule has 0 N–H and O–H groups in total. The molecule has 0 saturated heterocycles. The fourth-order valence-electron chi connectivity index (χ4n) is 1.82. The van der Waals surface area contributed by atoms with Gasteiger partial charge in [-0.3, -0.25) is 4.99 Å². The van der Waals surface area contributed by atoms with Crippen molar-refractivity contribution < 1.29 is 4.74 Å². The molecule has 0 aliphatic rings. The number of hydrogen-bond donors (Lipinski definition) is 0. The average molecular weight is 239 g/mol. The van der Waals surface area contributed by atoms with Crippen molar-refractivity contribution in [2.24, 2.45) is 4.99 Å². The second kappa shape index (κ2) is 5.50. The van der Waals surface area contributed by atoms with Crippen LogP contribution in [0.5, 0.6) is 5.75 Å². The minimum atomic E-state index is 0.908. The lowest BCUT2D eigenvalue weighted by molar-refractivity contribution is 0.411. The summed E-state index contributed by atoms with van der Waals surface area (Å²) in [5.74, 6) is 0.908. The first-order valence-electron chi connectivity index (χ1n) is 5.95. The summed E-state index contributed by atoms with van der Waals surface area (Å²) in [5, 5.41) is 0. The number of nitrogens with zero attached hydrogens (tertiary/aromatic N) is 1. The second-order valence-electron chi connectivity index (χ2n) is 4.28. The number of aliphatic imine (C=N–C) groups is 1. The van der Waals surface area contributed by atoms with Crippen LogP contribution in [0.25, 0.3) is 0 Å². The Morgan fingerprint density at radius 2 is 1.72 bits per heavy atom. The zero-order chi connectivity index (χ0) is 13.0. The quantitative estimate of drug-likeness (QED) is 0.740. The number of hydrogen-bond acceptors (Lipinski definition) is 2. The Morgan fingerprint density at radius 1 is 1.00 bits per heavy atom. The Morgan fingerprint density at radius 3 is 2.39 bits per heavy atom. The average Bonchev–Trinajstić information content (AvgIpc) is 2.40. The van der Waals surface area contributed by atoms with Crippen LogP contribution in [0.4, 0.5) is 5.69 Å². The molecule has 0 fully saturated rings. The van der Waals surface area contributed by atoms with Crippen LogP contribution in [-0.2, 0) is 0 Å². The van der Waals surface area contributed by atoms with Gasteiger partial charge in [-0.15, -0.1) is 0 Å². The number of rotatable bonds is 3. The predicted octanol–water partition coefficient (Wildman–Crippen LogP) is 4.06. The molecule has 0 saturated carbocycles. The molecule has 2 heteroatoms. The van der Waals surface area contributed by atoms with E-state index >= 15 is 0 Å². The Bertz CT molecular complexity index is 559. The maximum absolute atomic E-state index is 5.29. The topological polar surface area (TPSA) is 21.6 Å². The highest BCUT2D eigenvalue weighted by Gasteiger charge is 2.03. The first-order chi connectivity index (χ1) is 8.70. The van der Waals surface area contributed by atoms with E-state index in [4.69, 9.17) is 4.74 Å². The molecule has 2 aromatic rings. The smallest absolute Gasteiger partial charge is 0.122 e. The molecule has 0 unspecified atom stereocenters. The molecule has 0 aliphatic heterocycles. The highest BCUT2D eigenvalue weighted by molar-refractivity contribution is 5.82. The van der Waals surface area contributed by atoms with E-state index in [1.54, 1.807) is 7.11 Å². The Kier molecular flexibility index (Phi) is 3.78. The summed E-state index contributed by atoms with van der Waals surface area (Å²) in [6.45, 7) is 4.07. The fraction of sp³-hybridized carbons (Fsp3) is 0.188. The van der Waals surface area contributed by atoms with Crippen LogP contribution in [0, 0.1) is 13.8 Å². The van der Waals surface area contributed by atoms with Crippen LogP contribution < -0.4 is 4.74 Å². The van der Waals surface area contributed by atoms with Gasteiger partial charge in [0.2, 0.25) is 0 Å². The molecule has 0 heterocycles. The Hall–Kier alpha value is -2.09. The van der Waals surface area contributed by atoms with Crippen LogP contribution in [-0.4, -0.2) is 13.3 Å².